The predicted octanol–water partition coefficient (Wildman–Crippen LogP) is 3.65. The van der Waals surface area contributed by atoms with Gasteiger partial charge in [0.25, 0.3) is 0 Å². The minimum absolute atomic E-state index is 0.474. The van der Waals surface area contributed by atoms with Crippen LogP contribution in [0.2, 0.25) is 0 Å². The summed E-state index contributed by atoms with van der Waals surface area (Å²) >= 11 is 2.20. The van der Waals surface area contributed by atoms with Crippen LogP contribution in [-0.4, -0.2) is 17.2 Å². The van der Waals surface area contributed by atoms with E-state index in [1.807, 2.05) is 0 Å². The monoisotopic (exact) mass is 227 g/mol. The third-order valence-electron chi connectivity index (χ3n) is 4.16. The van der Waals surface area contributed by atoms with Crippen molar-refractivity contribution in [2.24, 2.45) is 11.8 Å². The summed E-state index contributed by atoms with van der Waals surface area (Å²) in [6.45, 7) is 6.04. The first kappa shape index (κ1) is 11.8. The van der Waals surface area contributed by atoms with Gasteiger partial charge in [-0.05, 0) is 49.8 Å². The van der Waals surface area contributed by atoms with Gasteiger partial charge in [0.1, 0.15) is 0 Å². The first-order valence-corrected chi connectivity index (χ1v) is 7.59. The second-order valence-corrected chi connectivity index (χ2v) is 7.04. The third kappa shape index (κ3) is 2.91. The summed E-state index contributed by atoms with van der Waals surface area (Å²) in [6.07, 6.45) is 8.50. The van der Waals surface area contributed by atoms with Crippen LogP contribution in [-0.2, 0) is 0 Å². The molecule has 1 saturated heterocycles. The molecule has 1 spiro atoms. The van der Waals surface area contributed by atoms with Crippen molar-refractivity contribution in [1.82, 2.24) is 5.32 Å². The zero-order valence-corrected chi connectivity index (χ0v) is 11.0. The first-order chi connectivity index (χ1) is 7.22. The molecule has 2 rings (SSSR count). The fourth-order valence-electron chi connectivity index (χ4n) is 3.03. The Hall–Kier alpha value is 0.310. The minimum atomic E-state index is 0.474. The van der Waals surface area contributed by atoms with Crippen LogP contribution in [0.3, 0.4) is 0 Å². The lowest BCUT2D eigenvalue weighted by Gasteiger charge is -2.37. The van der Waals surface area contributed by atoms with Crippen LogP contribution < -0.4 is 5.32 Å². The van der Waals surface area contributed by atoms with Gasteiger partial charge in [-0.3, -0.25) is 0 Å². The molecule has 2 fully saturated rings. The van der Waals surface area contributed by atoms with E-state index < -0.39 is 0 Å². The second-order valence-electron chi connectivity index (χ2n) is 5.56. The van der Waals surface area contributed by atoms with Crippen molar-refractivity contribution in [2.45, 2.75) is 57.2 Å². The molecule has 0 aromatic heterocycles. The van der Waals surface area contributed by atoms with Crippen LogP contribution in [0.15, 0.2) is 0 Å². The van der Waals surface area contributed by atoms with Gasteiger partial charge < -0.3 is 5.32 Å². The lowest BCUT2D eigenvalue weighted by atomic mass is 9.89. The standard InChI is InChI=1S/C13H25NS/c1-11(2)12-5-3-7-13(8-6-12)14-9-4-10-15-13/h11-12,14H,3-10H2,1-2H3. The maximum Gasteiger partial charge on any atom is 0.0645 e. The molecular formula is C13H25NS. The number of nitrogens with one attached hydrogen (secondary N) is 1. The van der Waals surface area contributed by atoms with Crippen molar-refractivity contribution in [2.75, 3.05) is 12.3 Å². The van der Waals surface area contributed by atoms with Gasteiger partial charge in [0.2, 0.25) is 0 Å². The Morgan fingerprint density at radius 3 is 2.73 bits per heavy atom. The fraction of sp³-hybridized carbons (Fsp3) is 1.00. The average molecular weight is 227 g/mol. The number of rotatable bonds is 1. The van der Waals surface area contributed by atoms with Crippen LogP contribution in [0.5, 0.6) is 0 Å². The summed E-state index contributed by atoms with van der Waals surface area (Å²) in [7, 11) is 0. The molecule has 0 radical (unpaired) electrons. The van der Waals surface area contributed by atoms with E-state index in [1.165, 1.54) is 50.8 Å². The van der Waals surface area contributed by atoms with Crippen molar-refractivity contribution >= 4 is 11.8 Å². The quantitative estimate of drug-likeness (QED) is 0.734. The lowest BCUT2D eigenvalue weighted by molar-refractivity contribution is 0.332. The predicted molar refractivity (Wildman–Crippen MR) is 69.2 cm³/mol. The van der Waals surface area contributed by atoms with E-state index in [4.69, 9.17) is 0 Å². The summed E-state index contributed by atoms with van der Waals surface area (Å²) in [6, 6.07) is 0. The molecule has 1 aliphatic heterocycles. The maximum absolute atomic E-state index is 3.80. The van der Waals surface area contributed by atoms with Crippen LogP contribution in [0, 0.1) is 11.8 Å². The molecular weight excluding hydrogens is 202 g/mol. The Morgan fingerprint density at radius 2 is 2.07 bits per heavy atom. The molecule has 2 unspecified atom stereocenters. The molecule has 2 aliphatic rings. The van der Waals surface area contributed by atoms with Gasteiger partial charge in [0.15, 0.2) is 0 Å². The summed E-state index contributed by atoms with van der Waals surface area (Å²) in [4.78, 5) is 0.474. The van der Waals surface area contributed by atoms with Crippen LogP contribution in [0.25, 0.3) is 0 Å². The molecule has 0 amide bonds. The van der Waals surface area contributed by atoms with E-state index in [9.17, 15) is 0 Å². The third-order valence-corrected chi connectivity index (χ3v) is 5.76. The summed E-state index contributed by atoms with van der Waals surface area (Å²) in [5.41, 5.74) is 0. The van der Waals surface area contributed by atoms with Crippen LogP contribution in [0.1, 0.15) is 52.4 Å². The van der Waals surface area contributed by atoms with Gasteiger partial charge in [-0.25, -0.2) is 0 Å². The SMILES string of the molecule is CC(C)C1CCCC2(CC1)NCCCS2. The highest BCUT2D eigenvalue weighted by atomic mass is 32.2. The molecule has 2 atom stereocenters. The molecule has 0 aromatic rings. The van der Waals surface area contributed by atoms with Gasteiger partial charge in [-0.2, -0.15) is 0 Å². The van der Waals surface area contributed by atoms with E-state index in [0.717, 1.165) is 11.8 Å². The summed E-state index contributed by atoms with van der Waals surface area (Å²) in [5, 5.41) is 3.80. The molecule has 2 heteroatoms. The van der Waals surface area contributed by atoms with Crippen molar-refractivity contribution in [1.29, 1.82) is 0 Å². The molecule has 1 heterocycles. The number of hydrogen-bond donors (Lipinski definition) is 1. The van der Waals surface area contributed by atoms with Gasteiger partial charge in [-0.15, -0.1) is 11.8 Å². The zero-order chi connectivity index (χ0) is 10.7. The van der Waals surface area contributed by atoms with Crippen molar-refractivity contribution in [3.63, 3.8) is 0 Å². The molecule has 88 valence electrons. The van der Waals surface area contributed by atoms with E-state index in [-0.39, 0.29) is 0 Å². The van der Waals surface area contributed by atoms with Gasteiger partial charge in [-0.1, -0.05) is 26.7 Å². The van der Waals surface area contributed by atoms with E-state index in [2.05, 4.69) is 30.9 Å². The lowest BCUT2D eigenvalue weighted by Crippen LogP contribution is -2.45. The van der Waals surface area contributed by atoms with Gasteiger partial charge in [0, 0.05) is 0 Å². The Morgan fingerprint density at radius 1 is 1.20 bits per heavy atom. The Kier molecular flexibility index (Phi) is 4.00. The Bertz CT molecular complexity index is 197. The van der Waals surface area contributed by atoms with Gasteiger partial charge in [0.05, 0.1) is 4.87 Å². The zero-order valence-electron chi connectivity index (χ0n) is 10.2. The van der Waals surface area contributed by atoms with Crippen LogP contribution in [0.4, 0.5) is 0 Å². The summed E-state index contributed by atoms with van der Waals surface area (Å²) in [5.74, 6) is 3.24. The van der Waals surface area contributed by atoms with E-state index in [1.54, 1.807) is 0 Å². The Labute approximate surface area is 98.8 Å². The topological polar surface area (TPSA) is 12.0 Å². The van der Waals surface area contributed by atoms with Crippen molar-refractivity contribution in [3.05, 3.63) is 0 Å². The average Bonchev–Trinajstić information content (AvgIpc) is 2.43. The maximum atomic E-state index is 3.80. The molecule has 1 saturated carbocycles. The molecule has 1 nitrogen and oxygen atoms in total. The smallest absolute Gasteiger partial charge is 0.0645 e. The molecule has 1 aliphatic carbocycles. The first-order valence-electron chi connectivity index (χ1n) is 6.61. The number of thioether (sulfide) groups is 1. The number of hydrogen-bond acceptors (Lipinski definition) is 2. The Balaban J connectivity index is 1.93. The van der Waals surface area contributed by atoms with Crippen molar-refractivity contribution in [3.8, 4) is 0 Å². The van der Waals surface area contributed by atoms with E-state index >= 15 is 0 Å². The molecule has 1 N–H and O–H groups in total. The largest absolute Gasteiger partial charge is 0.303 e. The molecule has 0 bridgehead atoms. The minimum Gasteiger partial charge on any atom is -0.303 e. The van der Waals surface area contributed by atoms with E-state index in [0.29, 0.717) is 4.87 Å². The fourth-order valence-corrected chi connectivity index (χ4v) is 4.47. The van der Waals surface area contributed by atoms with Gasteiger partial charge >= 0.3 is 0 Å². The highest BCUT2D eigenvalue weighted by Gasteiger charge is 2.35. The van der Waals surface area contributed by atoms with Crippen molar-refractivity contribution < 1.29 is 0 Å². The summed E-state index contributed by atoms with van der Waals surface area (Å²) < 4.78 is 0. The highest BCUT2D eigenvalue weighted by Crippen LogP contribution is 2.41. The van der Waals surface area contributed by atoms with Crippen LogP contribution >= 0.6 is 11.8 Å². The second kappa shape index (κ2) is 5.09. The molecule has 15 heavy (non-hydrogen) atoms. The molecule has 0 aromatic carbocycles. The highest BCUT2D eigenvalue weighted by molar-refractivity contribution is 8.00. The normalized spacial score (nSPS) is 38.2.